The molecule has 1 aliphatic rings. The Hall–Kier alpha value is -3.56. The molecule has 1 unspecified atom stereocenters. The van der Waals surface area contributed by atoms with Gasteiger partial charge in [0.25, 0.3) is 0 Å². The molecule has 10 heteroatoms. The number of nitrogens with two attached hydrogens (primary N) is 1. The molecule has 0 spiro atoms. The minimum absolute atomic E-state index is 0.0306. The summed E-state index contributed by atoms with van der Waals surface area (Å²) in [6.07, 6.45) is 3.78. The van der Waals surface area contributed by atoms with E-state index in [1.807, 2.05) is 43.0 Å². The molecule has 1 aromatic carbocycles. The maximum Gasteiger partial charge on any atom is 0.319 e. The molecule has 1 aromatic heterocycles. The lowest BCUT2D eigenvalue weighted by molar-refractivity contribution is 0.215. The van der Waals surface area contributed by atoms with Crippen LogP contribution in [0.2, 0.25) is 0 Å². The van der Waals surface area contributed by atoms with E-state index in [9.17, 15) is 4.79 Å². The lowest BCUT2D eigenvalue weighted by atomic mass is 10.2. The van der Waals surface area contributed by atoms with Gasteiger partial charge in [0.15, 0.2) is 0 Å². The summed E-state index contributed by atoms with van der Waals surface area (Å²) in [4.78, 5) is 27.5. The van der Waals surface area contributed by atoms with Crippen molar-refractivity contribution in [2.75, 3.05) is 36.1 Å². The van der Waals surface area contributed by atoms with Crippen LogP contribution in [0, 0.1) is 0 Å². The second kappa shape index (κ2) is 9.77. The molecule has 10 nitrogen and oxygen atoms in total. The zero-order chi connectivity index (χ0) is 21.5. The number of hydrogen-bond donors (Lipinski definition) is 3. The van der Waals surface area contributed by atoms with Gasteiger partial charge in [-0.25, -0.2) is 14.8 Å². The number of ether oxygens (including phenoxy) is 1. The quantitative estimate of drug-likeness (QED) is 0.469. The topological polar surface area (TPSA) is 127 Å². The van der Waals surface area contributed by atoms with Crippen LogP contribution in [0.15, 0.2) is 35.7 Å². The third kappa shape index (κ3) is 5.49. The van der Waals surface area contributed by atoms with Gasteiger partial charge in [-0.1, -0.05) is 5.16 Å². The molecule has 2 heterocycles. The fraction of sp³-hybridized carbons (Fsp3) is 0.400. The Morgan fingerprint density at radius 2 is 2.10 bits per heavy atom. The van der Waals surface area contributed by atoms with E-state index < -0.39 is 0 Å². The minimum Gasteiger partial charge on any atom is -0.491 e. The number of anilines is 3. The van der Waals surface area contributed by atoms with Crippen molar-refractivity contribution in [3.05, 3.63) is 36.2 Å². The first-order chi connectivity index (χ1) is 14.5. The second-order valence-corrected chi connectivity index (χ2v) is 7.13. The first-order valence-electron chi connectivity index (χ1n) is 9.72. The molecule has 0 saturated carbocycles. The van der Waals surface area contributed by atoms with Crippen molar-refractivity contribution < 1.29 is 14.4 Å². The normalized spacial score (nSPS) is 16.1. The number of urea groups is 1. The third-order valence-corrected chi connectivity index (χ3v) is 4.49. The van der Waals surface area contributed by atoms with Crippen LogP contribution in [-0.4, -0.2) is 54.6 Å². The third-order valence-electron chi connectivity index (χ3n) is 4.49. The average molecular weight is 413 g/mol. The Bertz CT molecular complexity index is 886. The zero-order valence-corrected chi connectivity index (χ0v) is 17.3. The molecule has 0 radical (unpaired) electrons. The van der Waals surface area contributed by atoms with E-state index in [2.05, 4.69) is 25.8 Å². The van der Waals surface area contributed by atoms with Gasteiger partial charge in [-0.05, 0) is 44.5 Å². The van der Waals surface area contributed by atoms with Crippen LogP contribution < -0.4 is 26.0 Å². The van der Waals surface area contributed by atoms with Crippen molar-refractivity contribution in [1.82, 2.24) is 15.3 Å². The Morgan fingerprint density at radius 1 is 1.33 bits per heavy atom. The van der Waals surface area contributed by atoms with Gasteiger partial charge in [-0.2, -0.15) is 0 Å². The molecule has 1 atom stereocenters. The Morgan fingerprint density at radius 3 is 2.80 bits per heavy atom. The number of oxime groups is 1. The van der Waals surface area contributed by atoms with E-state index in [0.717, 1.165) is 18.7 Å². The average Bonchev–Trinajstić information content (AvgIpc) is 3.16. The molecular formula is C20H27N7O3. The summed E-state index contributed by atoms with van der Waals surface area (Å²) < 4.78 is 5.61. The highest BCUT2D eigenvalue weighted by Gasteiger charge is 2.27. The number of nitrogens with one attached hydrogen (secondary N) is 2. The molecule has 1 aliphatic heterocycles. The van der Waals surface area contributed by atoms with Crippen LogP contribution in [0.4, 0.5) is 22.1 Å². The van der Waals surface area contributed by atoms with Gasteiger partial charge in [0.2, 0.25) is 0 Å². The van der Waals surface area contributed by atoms with E-state index in [0.29, 0.717) is 29.4 Å². The lowest BCUT2D eigenvalue weighted by Crippen LogP contribution is -2.40. The fourth-order valence-corrected chi connectivity index (χ4v) is 3.19. The molecule has 2 amide bonds. The molecule has 0 aliphatic carbocycles. The van der Waals surface area contributed by atoms with Crippen molar-refractivity contribution in [1.29, 1.82) is 0 Å². The molecule has 2 aromatic rings. The van der Waals surface area contributed by atoms with Gasteiger partial charge in [0.1, 0.15) is 30.8 Å². The summed E-state index contributed by atoms with van der Waals surface area (Å²) in [6, 6.07) is 6.98. The highest BCUT2D eigenvalue weighted by molar-refractivity contribution is 5.92. The summed E-state index contributed by atoms with van der Waals surface area (Å²) in [5, 5.41) is 9.61. The van der Waals surface area contributed by atoms with Crippen LogP contribution >= 0.6 is 0 Å². The highest BCUT2D eigenvalue weighted by atomic mass is 16.6. The van der Waals surface area contributed by atoms with Crippen LogP contribution in [0.3, 0.4) is 0 Å². The molecule has 30 heavy (non-hydrogen) atoms. The van der Waals surface area contributed by atoms with E-state index in [4.69, 9.17) is 15.3 Å². The second-order valence-electron chi connectivity index (χ2n) is 7.13. The Balaban J connectivity index is 1.57. The predicted molar refractivity (Wildman–Crippen MR) is 116 cm³/mol. The lowest BCUT2D eigenvalue weighted by Gasteiger charge is -2.20. The van der Waals surface area contributed by atoms with Gasteiger partial charge in [-0.3, -0.25) is 0 Å². The van der Waals surface area contributed by atoms with Crippen molar-refractivity contribution in [3.63, 3.8) is 0 Å². The summed E-state index contributed by atoms with van der Waals surface area (Å²) in [5.41, 5.74) is 7.24. The number of rotatable bonds is 7. The standard InChI is InChI=1S/C20H27N7O3/c1-13(2)30-16-6-4-14(5-7-16)25-20(28)26-15-8-9-27(11-15)19-17(10-24-29-3)18(21)22-12-23-19/h4-7,10,12-13,15H,8-9,11H2,1-3H3,(H2,21,22,23)(H2,25,26,28)/b24-10+. The van der Waals surface area contributed by atoms with E-state index in [-0.39, 0.29) is 18.2 Å². The molecule has 3 rings (SSSR count). The van der Waals surface area contributed by atoms with Crippen molar-refractivity contribution in [3.8, 4) is 5.75 Å². The van der Waals surface area contributed by atoms with E-state index in [1.54, 1.807) is 0 Å². The molecule has 0 bridgehead atoms. The summed E-state index contributed by atoms with van der Waals surface area (Å²) in [7, 11) is 1.45. The van der Waals surface area contributed by atoms with E-state index >= 15 is 0 Å². The number of benzene rings is 1. The van der Waals surface area contributed by atoms with Crippen molar-refractivity contribution >= 4 is 29.6 Å². The minimum atomic E-state index is -0.261. The number of aromatic nitrogens is 2. The Labute approximate surface area is 175 Å². The van der Waals surface area contributed by atoms with Gasteiger partial charge in [0, 0.05) is 24.8 Å². The monoisotopic (exact) mass is 413 g/mol. The van der Waals surface area contributed by atoms with Gasteiger partial charge in [0.05, 0.1) is 17.9 Å². The van der Waals surface area contributed by atoms with Crippen molar-refractivity contribution in [2.24, 2.45) is 5.16 Å². The molecule has 160 valence electrons. The summed E-state index contributed by atoms with van der Waals surface area (Å²) in [5.74, 6) is 1.74. The van der Waals surface area contributed by atoms with Crippen LogP contribution in [0.25, 0.3) is 0 Å². The van der Waals surface area contributed by atoms with Gasteiger partial charge < -0.3 is 30.8 Å². The highest BCUT2D eigenvalue weighted by Crippen LogP contribution is 2.24. The van der Waals surface area contributed by atoms with Gasteiger partial charge >= 0.3 is 6.03 Å². The molecule has 1 saturated heterocycles. The molecular weight excluding hydrogens is 386 g/mol. The number of carbonyl (C=O) groups excluding carboxylic acids is 1. The van der Waals surface area contributed by atoms with Crippen LogP contribution in [0.5, 0.6) is 5.75 Å². The molecule has 4 N–H and O–H groups in total. The number of carbonyl (C=O) groups is 1. The smallest absolute Gasteiger partial charge is 0.319 e. The summed E-state index contributed by atoms with van der Waals surface area (Å²) >= 11 is 0. The van der Waals surface area contributed by atoms with Crippen molar-refractivity contribution in [2.45, 2.75) is 32.4 Å². The van der Waals surface area contributed by atoms with Gasteiger partial charge in [-0.15, -0.1) is 0 Å². The number of nitrogens with zero attached hydrogens (tertiary/aromatic N) is 4. The summed E-state index contributed by atoms with van der Waals surface area (Å²) in [6.45, 7) is 5.25. The molecule has 1 fully saturated rings. The maximum absolute atomic E-state index is 12.4. The SMILES string of the molecule is CO/N=C/c1c(N)ncnc1N1CCC(NC(=O)Nc2ccc(OC(C)C)cc2)C1. The number of nitrogen functional groups attached to an aromatic ring is 1. The van der Waals surface area contributed by atoms with E-state index in [1.165, 1.54) is 19.7 Å². The first kappa shape index (κ1) is 21.2. The predicted octanol–water partition coefficient (Wildman–Crippen LogP) is 2.23. The number of amides is 2. The van der Waals surface area contributed by atoms with Crippen LogP contribution in [-0.2, 0) is 4.84 Å². The zero-order valence-electron chi connectivity index (χ0n) is 17.3. The largest absolute Gasteiger partial charge is 0.491 e. The van der Waals surface area contributed by atoms with Crippen LogP contribution in [0.1, 0.15) is 25.8 Å². The number of hydrogen-bond acceptors (Lipinski definition) is 8. The maximum atomic E-state index is 12.4. The first-order valence-corrected chi connectivity index (χ1v) is 9.72. The Kier molecular flexibility index (Phi) is 6.89. The fourth-order valence-electron chi connectivity index (χ4n) is 3.19.